The molecule has 2 heterocycles. The van der Waals surface area contributed by atoms with E-state index in [2.05, 4.69) is 9.88 Å². The first-order valence-electron chi connectivity index (χ1n) is 6.53. The van der Waals surface area contributed by atoms with Crippen LogP contribution in [0.1, 0.15) is 25.3 Å². The lowest BCUT2D eigenvalue weighted by Gasteiger charge is -2.35. The minimum absolute atomic E-state index is 0.0489. The van der Waals surface area contributed by atoms with Gasteiger partial charge >= 0.3 is 0 Å². The molecule has 1 saturated heterocycles. The molecule has 1 fully saturated rings. The number of aromatic nitrogens is 1. The van der Waals surface area contributed by atoms with Crippen LogP contribution in [-0.4, -0.2) is 34.2 Å². The van der Waals surface area contributed by atoms with Crippen LogP contribution in [0.2, 0.25) is 0 Å². The first kappa shape index (κ1) is 13.7. The first-order valence-corrected chi connectivity index (χ1v) is 6.53. The fourth-order valence-corrected chi connectivity index (χ4v) is 2.51. The van der Waals surface area contributed by atoms with Crippen LogP contribution < -0.4 is 4.90 Å². The van der Waals surface area contributed by atoms with E-state index in [9.17, 15) is 15.2 Å². The van der Waals surface area contributed by atoms with Crippen molar-refractivity contribution >= 4 is 11.5 Å². The summed E-state index contributed by atoms with van der Waals surface area (Å²) in [5.41, 5.74) is 0.669. The number of rotatable bonds is 3. The molecular formula is C13H19N3O3. The minimum atomic E-state index is -0.416. The van der Waals surface area contributed by atoms with Gasteiger partial charge in [0.1, 0.15) is 12.0 Å². The number of piperidine rings is 1. The number of hydrogen-bond donors (Lipinski definition) is 1. The highest BCUT2D eigenvalue weighted by Crippen LogP contribution is 2.26. The highest BCUT2D eigenvalue weighted by Gasteiger charge is 2.25. The number of pyridine rings is 1. The van der Waals surface area contributed by atoms with Gasteiger partial charge in [-0.05, 0) is 32.8 Å². The summed E-state index contributed by atoms with van der Waals surface area (Å²) in [4.78, 5) is 16.6. The van der Waals surface area contributed by atoms with Crippen LogP contribution in [0, 0.1) is 23.0 Å². The van der Waals surface area contributed by atoms with Crippen LogP contribution in [0.3, 0.4) is 0 Å². The molecule has 0 amide bonds. The predicted molar refractivity (Wildman–Crippen MR) is 72.2 cm³/mol. The average Bonchev–Trinajstić information content (AvgIpc) is 2.38. The van der Waals surface area contributed by atoms with E-state index in [1.54, 1.807) is 13.0 Å². The zero-order chi connectivity index (χ0) is 14.0. The van der Waals surface area contributed by atoms with Gasteiger partial charge in [0.2, 0.25) is 0 Å². The highest BCUT2D eigenvalue weighted by molar-refractivity contribution is 5.48. The Balaban J connectivity index is 2.18. The van der Waals surface area contributed by atoms with E-state index in [4.69, 9.17) is 0 Å². The van der Waals surface area contributed by atoms with Crippen molar-refractivity contribution in [2.45, 2.75) is 32.8 Å². The molecule has 0 radical (unpaired) electrons. The second-order valence-electron chi connectivity index (χ2n) is 5.18. The van der Waals surface area contributed by atoms with Gasteiger partial charge in [0.15, 0.2) is 0 Å². The van der Waals surface area contributed by atoms with Crippen molar-refractivity contribution < 1.29 is 10.0 Å². The second kappa shape index (κ2) is 5.52. The summed E-state index contributed by atoms with van der Waals surface area (Å²) in [5.74, 6) is 1.000. The Kier molecular flexibility index (Phi) is 3.99. The minimum Gasteiger partial charge on any atom is -0.393 e. The molecule has 1 N–H and O–H groups in total. The Bertz CT molecular complexity index is 476. The third-order valence-corrected chi connectivity index (χ3v) is 3.73. The van der Waals surface area contributed by atoms with E-state index in [0.29, 0.717) is 5.56 Å². The Hall–Kier alpha value is -1.69. The molecule has 1 aliphatic rings. The van der Waals surface area contributed by atoms with Crippen molar-refractivity contribution in [3.05, 3.63) is 27.9 Å². The molecule has 1 aromatic rings. The van der Waals surface area contributed by atoms with Crippen molar-refractivity contribution in [1.29, 1.82) is 0 Å². The number of hydrogen-bond acceptors (Lipinski definition) is 5. The average molecular weight is 265 g/mol. The Labute approximate surface area is 112 Å². The SMILES string of the molecule is Cc1cc(N2CCCC(C(C)O)C2)ncc1[N+](=O)[O-]. The van der Waals surface area contributed by atoms with Crippen molar-refractivity contribution in [3.8, 4) is 0 Å². The van der Waals surface area contributed by atoms with E-state index in [0.717, 1.165) is 31.7 Å². The van der Waals surface area contributed by atoms with Gasteiger partial charge in [-0.15, -0.1) is 0 Å². The van der Waals surface area contributed by atoms with Gasteiger partial charge in [0.25, 0.3) is 5.69 Å². The standard InChI is InChI=1S/C13H19N3O3/c1-9-6-13(14-7-12(9)16(18)19)15-5-3-4-11(8-15)10(2)17/h6-7,10-11,17H,3-5,8H2,1-2H3. The normalized spacial score (nSPS) is 21.2. The van der Waals surface area contributed by atoms with Gasteiger partial charge in [0.05, 0.1) is 11.0 Å². The van der Waals surface area contributed by atoms with Gasteiger partial charge in [-0.2, -0.15) is 0 Å². The number of nitro groups is 1. The fraction of sp³-hybridized carbons (Fsp3) is 0.615. The van der Waals surface area contributed by atoms with E-state index >= 15 is 0 Å². The molecule has 0 bridgehead atoms. The maximum absolute atomic E-state index is 10.8. The predicted octanol–water partition coefficient (Wildman–Crippen LogP) is 1.90. The van der Waals surface area contributed by atoms with Crippen LogP contribution in [0.15, 0.2) is 12.3 Å². The number of aliphatic hydroxyl groups excluding tert-OH is 1. The topological polar surface area (TPSA) is 79.5 Å². The molecule has 1 aromatic heterocycles. The van der Waals surface area contributed by atoms with E-state index in [1.165, 1.54) is 6.20 Å². The van der Waals surface area contributed by atoms with Gasteiger partial charge in [-0.1, -0.05) is 0 Å². The largest absolute Gasteiger partial charge is 0.393 e. The third-order valence-electron chi connectivity index (χ3n) is 3.73. The molecule has 0 saturated carbocycles. The van der Waals surface area contributed by atoms with E-state index in [1.807, 2.05) is 6.92 Å². The molecule has 0 aromatic carbocycles. The molecule has 104 valence electrons. The summed E-state index contributed by atoms with van der Waals surface area (Å²) in [6.07, 6.45) is 3.01. The van der Waals surface area contributed by atoms with Crippen LogP contribution in [0.25, 0.3) is 0 Å². The number of aryl methyl sites for hydroxylation is 1. The van der Waals surface area contributed by atoms with Crippen molar-refractivity contribution in [1.82, 2.24) is 4.98 Å². The monoisotopic (exact) mass is 265 g/mol. The smallest absolute Gasteiger partial charge is 0.290 e. The quantitative estimate of drug-likeness (QED) is 0.667. The Morgan fingerprint density at radius 2 is 2.37 bits per heavy atom. The fourth-order valence-electron chi connectivity index (χ4n) is 2.51. The molecule has 1 aliphatic heterocycles. The summed E-state index contributed by atoms with van der Waals surface area (Å²) in [6.45, 7) is 5.16. The number of nitrogens with zero attached hydrogens (tertiary/aromatic N) is 3. The third kappa shape index (κ3) is 3.01. The first-order chi connectivity index (χ1) is 8.99. The molecule has 2 unspecified atom stereocenters. The zero-order valence-corrected chi connectivity index (χ0v) is 11.2. The lowest BCUT2D eigenvalue weighted by molar-refractivity contribution is -0.385. The molecule has 6 heteroatoms. The summed E-state index contributed by atoms with van der Waals surface area (Å²) in [5, 5.41) is 20.4. The number of anilines is 1. The highest BCUT2D eigenvalue weighted by atomic mass is 16.6. The van der Waals surface area contributed by atoms with E-state index < -0.39 is 4.92 Å². The zero-order valence-electron chi connectivity index (χ0n) is 11.2. The van der Waals surface area contributed by atoms with Crippen LogP contribution >= 0.6 is 0 Å². The lowest BCUT2D eigenvalue weighted by atomic mass is 9.93. The maximum Gasteiger partial charge on any atom is 0.290 e. The van der Waals surface area contributed by atoms with Gasteiger partial charge < -0.3 is 10.0 Å². The second-order valence-corrected chi connectivity index (χ2v) is 5.18. The molecule has 0 aliphatic carbocycles. The molecule has 6 nitrogen and oxygen atoms in total. The summed E-state index contributed by atoms with van der Waals surface area (Å²) in [7, 11) is 0. The molecule has 19 heavy (non-hydrogen) atoms. The van der Waals surface area contributed by atoms with Crippen molar-refractivity contribution in [3.63, 3.8) is 0 Å². The summed E-state index contributed by atoms with van der Waals surface area (Å²) < 4.78 is 0. The lowest BCUT2D eigenvalue weighted by Crippen LogP contribution is -2.40. The Morgan fingerprint density at radius 3 is 2.95 bits per heavy atom. The van der Waals surface area contributed by atoms with Crippen molar-refractivity contribution in [2.75, 3.05) is 18.0 Å². The van der Waals surface area contributed by atoms with Gasteiger partial charge in [-0.25, -0.2) is 4.98 Å². The van der Waals surface area contributed by atoms with Gasteiger partial charge in [-0.3, -0.25) is 10.1 Å². The maximum atomic E-state index is 10.8. The molecule has 0 spiro atoms. The van der Waals surface area contributed by atoms with Crippen LogP contribution in [-0.2, 0) is 0 Å². The van der Waals surface area contributed by atoms with E-state index in [-0.39, 0.29) is 17.7 Å². The number of aliphatic hydroxyl groups is 1. The molecule has 2 atom stereocenters. The summed E-state index contributed by atoms with van der Waals surface area (Å²) in [6, 6.07) is 1.75. The van der Waals surface area contributed by atoms with Gasteiger partial charge in [0, 0.05) is 24.6 Å². The van der Waals surface area contributed by atoms with Crippen LogP contribution in [0.4, 0.5) is 11.5 Å². The summed E-state index contributed by atoms with van der Waals surface area (Å²) >= 11 is 0. The van der Waals surface area contributed by atoms with Crippen LogP contribution in [0.5, 0.6) is 0 Å². The molecular weight excluding hydrogens is 246 g/mol. The molecule has 2 rings (SSSR count). The Morgan fingerprint density at radius 1 is 1.63 bits per heavy atom. The van der Waals surface area contributed by atoms with Crippen molar-refractivity contribution in [2.24, 2.45) is 5.92 Å².